The molecule has 0 N–H and O–H groups in total. The molecule has 0 atom stereocenters. The quantitative estimate of drug-likeness (QED) is 0.640. The summed E-state index contributed by atoms with van der Waals surface area (Å²) in [4.78, 5) is 4.48. The molecule has 0 amide bonds. The molecule has 2 aromatic rings. The van der Waals surface area contributed by atoms with Crippen LogP contribution in [-0.4, -0.2) is 4.98 Å². The van der Waals surface area contributed by atoms with Crippen molar-refractivity contribution in [1.29, 1.82) is 0 Å². The Bertz CT molecular complexity index is 601. The summed E-state index contributed by atoms with van der Waals surface area (Å²) in [6.07, 6.45) is 4.11. The van der Waals surface area contributed by atoms with Crippen LogP contribution in [0.3, 0.4) is 0 Å². The zero-order valence-corrected chi connectivity index (χ0v) is 9.91. The number of rotatable bonds is 0. The molecule has 0 spiro atoms. The molecule has 1 aliphatic carbocycles. The van der Waals surface area contributed by atoms with Crippen molar-refractivity contribution in [2.75, 3.05) is 0 Å². The Morgan fingerprint density at radius 2 is 1.94 bits per heavy atom. The van der Waals surface area contributed by atoms with Crippen LogP contribution in [0.25, 0.3) is 16.8 Å². The fourth-order valence-electron chi connectivity index (χ4n) is 2.49. The summed E-state index contributed by atoms with van der Waals surface area (Å²) >= 11 is 0. The predicted octanol–water partition coefficient (Wildman–Crippen LogP) is 3.93. The first-order valence-corrected chi connectivity index (χ1v) is 5.68. The first-order valence-electron chi connectivity index (χ1n) is 5.68. The highest BCUT2D eigenvalue weighted by atomic mass is 14.7. The van der Waals surface area contributed by atoms with E-state index in [0.29, 0.717) is 0 Å². The lowest BCUT2D eigenvalue weighted by Gasteiger charge is -2.31. The van der Waals surface area contributed by atoms with Gasteiger partial charge in [0.1, 0.15) is 0 Å². The largest absolute Gasteiger partial charge is 0.256 e. The van der Waals surface area contributed by atoms with Crippen molar-refractivity contribution in [3.05, 3.63) is 47.3 Å². The molecule has 1 nitrogen and oxygen atoms in total. The van der Waals surface area contributed by atoms with Gasteiger partial charge in [-0.3, -0.25) is 4.98 Å². The van der Waals surface area contributed by atoms with Gasteiger partial charge in [-0.25, -0.2) is 0 Å². The Balaban J connectivity index is 2.52. The maximum atomic E-state index is 4.48. The van der Waals surface area contributed by atoms with E-state index in [1.54, 1.807) is 0 Å². The van der Waals surface area contributed by atoms with Gasteiger partial charge in [-0.05, 0) is 30.0 Å². The van der Waals surface area contributed by atoms with E-state index in [1.807, 2.05) is 6.20 Å². The van der Waals surface area contributed by atoms with Crippen molar-refractivity contribution >= 4 is 16.8 Å². The topological polar surface area (TPSA) is 12.9 Å². The van der Waals surface area contributed by atoms with Crippen LogP contribution in [0.4, 0.5) is 0 Å². The lowest BCUT2D eigenvalue weighted by molar-refractivity contribution is 0.630. The van der Waals surface area contributed by atoms with Gasteiger partial charge in [-0.1, -0.05) is 37.6 Å². The summed E-state index contributed by atoms with van der Waals surface area (Å²) in [5.41, 5.74) is 4.01. The van der Waals surface area contributed by atoms with Crippen molar-refractivity contribution in [1.82, 2.24) is 4.98 Å². The highest BCUT2D eigenvalue weighted by molar-refractivity contribution is 5.95. The van der Waals surface area contributed by atoms with Gasteiger partial charge in [0.05, 0.1) is 5.69 Å². The van der Waals surface area contributed by atoms with Gasteiger partial charge in [0.15, 0.2) is 0 Å². The molecule has 80 valence electrons. The van der Waals surface area contributed by atoms with Crippen molar-refractivity contribution < 1.29 is 0 Å². The molecule has 16 heavy (non-hydrogen) atoms. The fraction of sp³-hybridized carbons (Fsp3) is 0.267. The highest BCUT2D eigenvalue weighted by Crippen LogP contribution is 2.41. The molecular formula is C15H15N. The lowest BCUT2D eigenvalue weighted by Crippen LogP contribution is -2.22. The Kier molecular flexibility index (Phi) is 1.76. The molecule has 0 saturated heterocycles. The second-order valence-corrected chi connectivity index (χ2v) is 5.05. The monoisotopic (exact) mass is 209 g/mol. The third-order valence-corrected chi connectivity index (χ3v) is 3.83. The van der Waals surface area contributed by atoms with Crippen LogP contribution in [0.15, 0.2) is 36.0 Å². The van der Waals surface area contributed by atoms with Gasteiger partial charge in [-0.2, -0.15) is 0 Å². The minimum absolute atomic E-state index is 0.121. The first kappa shape index (κ1) is 9.59. The highest BCUT2D eigenvalue weighted by Gasteiger charge is 2.29. The van der Waals surface area contributed by atoms with Crippen molar-refractivity contribution in [2.24, 2.45) is 0 Å². The van der Waals surface area contributed by atoms with Crippen LogP contribution in [0, 0.1) is 0 Å². The van der Waals surface area contributed by atoms with E-state index in [4.69, 9.17) is 0 Å². The molecule has 0 fully saturated rings. The Morgan fingerprint density at radius 3 is 2.75 bits per heavy atom. The second-order valence-electron chi connectivity index (χ2n) is 5.05. The number of allylic oxidation sites excluding steroid dienone is 1. The Labute approximate surface area is 95.8 Å². The maximum Gasteiger partial charge on any atom is 0.0710 e. The molecule has 0 aliphatic heterocycles. The van der Waals surface area contributed by atoms with E-state index in [1.165, 1.54) is 21.9 Å². The normalized spacial score (nSPS) is 17.3. The molecule has 1 heteroatoms. The molecule has 1 aliphatic rings. The van der Waals surface area contributed by atoms with Gasteiger partial charge in [0.2, 0.25) is 0 Å². The average Bonchev–Trinajstić information content (AvgIpc) is 2.27. The number of aromatic nitrogens is 1. The van der Waals surface area contributed by atoms with Gasteiger partial charge < -0.3 is 0 Å². The van der Waals surface area contributed by atoms with E-state index >= 15 is 0 Å². The third-order valence-electron chi connectivity index (χ3n) is 3.83. The molecule has 1 aromatic heterocycles. The predicted molar refractivity (Wildman–Crippen MR) is 68.4 cm³/mol. The molecule has 0 radical (unpaired) electrons. The van der Waals surface area contributed by atoms with Crippen LogP contribution in [0.1, 0.15) is 32.0 Å². The van der Waals surface area contributed by atoms with E-state index in [0.717, 1.165) is 5.69 Å². The number of pyridine rings is 1. The van der Waals surface area contributed by atoms with Crippen LogP contribution in [-0.2, 0) is 5.41 Å². The molecule has 0 bridgehead atoms. The van der Waals surface area contributed by atoms with Gasteiger partial charge in [0, 0.05) is 17.0 Å². The second kappa shape index (κ2) is 2.94. The van der Waals surface area contributed by atoms with Gasteiger partial charge in [0.25, 0.3) is 0 Å². The summed E-state index contributed by atoms with van der Waals surface area (Å²) < 4.78 is 0. The average molecular weight is 209 g/mol. The van der Waals surface area contributed by atoms with E-state index in [2.05, 4.69) is 56.1 Å². The Morgan fingerprint density at radius 1 is 1.12 bits per heavy atom. The van der Waals surface area contributed by atoms with Crippen molar-refractivity contribution in [3.8, 4) is 0 Å². The summed E-state index contributed by atoms with van der Waals surface area (Å²) in [5.74, 6) is 0. The molecule has 0 unspecified atom stereocenters. The zero-order chi connectivity index (χ0) is 11.3. The third kappa shape index (κ3) is 1.09. The smallest absolute Gasteiger partial charge is 0.0710 e. The number of benzene rings is 1. The van der Waals surface area contributed by atoms with Gasteiger partial charge in [-0.15, -0.1) is 0 Å². The lowest BCUT2D eigenvalue weighted by atomic mass is 9.73. The zero-order valence-electron chi connectivity index (χ0n) is 9.91. The summed E-state index contributed by atoms with van der Waals surface area (Å²) in [5, 5.41) is 2.61. The summed E-state index contributed by atoms with van der Waals surface area (Å²) in [7, 11) is 0. The van der Waals surface area contributed by atoms with Crippen LogP contribution >= 0.6 is 0 Å². The molecule has 3 rings (SSSR count). The number of hydrogen-bond acceptors (Lipinski definition) is 1. The van der Waals surface area contributed by atoms with Crippen molar-refractivity contribution in [2.45, 2.75) is 26.2 Å². The Hall–Kier alpha value is -1.63. The molecule has 1 aromatic carbocycles. The van der Waals surface area contributed by atoms with E-state index in [-0.39, 0.29) is 5.41 Å². The summed E-state index contributed by atoms with van der Waals surface area (Å²) in [6, 6.07) is 8.62. The minimum atomic E-state index is 0.121. The van der Waals surface area contributed by atoms with E-state index in [9.17, 15) is 0 Å². The molecule has 0 saturated carbocycles. The number of hydrogen-bond donors (Lipinski definition) is 0. The number of nitrogens with zero attached hydrogens (tertiary/aromatic N) is 1. The SMILES string of the molecule is CC1=Cc2nccc3cccc(c23)C1(C)C. The van der Waals surface area contributed by atoms with Crippen LogP contribution in [0.2, 0.25) is 0 Å². The summed E-state index contributed by atoms with van der Waals surface area (Å²) in [6.45, 7) is 6.75. The standard InChI is InChI=1S/C15H15N/c1-10-9-13-14-11(7-8-16-13)5-4-6-12(14)15(10,2)3/h4-9H,1-3H3. The fourth-order valence-corrected chi connectivity index (χ4v) is 2.49. The molecule has 1 heterocycles. The van der Waals surface area contributed by atoms with Gasteiger partial charge >= 0.3 is 0 Å². The first-order chi connectivity index (χ1) is 7.60. The van der Waals surface area contributed by atoms with Crippen LogP contribution in [0.5, 0.6) is 0 Å². The minimum Gasteiger partial charge on any atom is -0.256 e. The molecular weight excluding hydrogens is 194 g/mol. The van der Waals surface area contributed by atoms with E-state index < -0.39 is 0 Å². The van der Waals surface area contributed by atoms with Crippen LogP contribution < -0.4 is 0 Å². The maximum absolute atomic E-state index is 4.48. The van der Waals surface area contributed by atoms with Crippen molar-refractivity contribution in [3.63, 3.8) is 0 Å².